The molecule has 2 heterocycles. The summed E-state index contributed by atoms with van der Waals surface area (Å²) in [6.45, 7) is 5.31. The Balaban J connectivity index is 1.07. The predicted molar refractivity (Wildman–Crippen MR) is 147 cm³/mol. The molecule has 0 aromatic heterocycles. The van der Waals surface area contributed by atoms with Crippen LogP contribution in [-0.4, -0.2) is 100 Å². The van der Waals surface area contributed by atoms with E-state index in [0.717, 1.165) is 56.9 Å². The second kappa shape index (κ2) is 12.3. The number of fused-ring (bicyclic) bond motifs is 2. The van der Waals surface area contributed by atoms with Crippen molar-refractivity contribution >= 4 is 12.0 Å². The molecule has 3 aliphatic rings. The molecule has 2 aliphatic heterocycles. The largest absolute Gasteiger partial charge is 0.493 e. The zero-order valence-corrected chi connectivity index (χ0v) is 23.2. The summed E-state index contributed by atoms with van der Waals surface area (Å²) >= 11 is 0. The zero-order chi connectivity index (χ0) is 27.4. The van der Waals surface area contributed by atoms with Crippen molar-refractivity contribution in [1.29, 1.82) is 0 Å². The molecule has 1 fully saturated rings. The standard InChI is InChI=1S/C30H39N3O6/c1-31(9-8-29(34)32-10-6-21-18-27(36-2)28(37-3)19-22(21)7-11-32)20-24-16-23-17-25(4-5-26(23)24)39-30(35)33-12-14-38-15-13-33/h4-5,17-19,24H,6-16,20H2,1-3H3. The highest BCUT2D eigenvalue weighted by Crippen LogP contribution is 2.38. The number of ether oxygens (including phenoxy) is 4. The number of rotatable bonds is 8. The summed E-state index contributed by atoms with van der Waals surface area (Å²) in [5.74, 6) is 2.70. The molecule has 0 radical (unpaired) electrons. The van der Waals surface area contributed by atoms with Crippen LogP contribution in [0.2, 0.25) is 0 Å². The molecule has 9 nitrogen and oxygen atoms in total. The molecule has 0 saturated carbocycles. The van der Waals surface area contributed by atoms with Gasteiger partial charge in [-0.2, -0.15) is 0 Å². The van der Waals surface area contributed by atoms with E-state index in [4.69, 9.17) is 18.9 Å². The van der Waals surface area contributed by atoms with Gasteiger partial charge in [0.05, 0.1) is 27.4 Å². The van der Waals surface area contributed by atoms with Gasteiger partial charge in [-0.15, -0.1) is 0 Å². The maximum absolute atomic E-state index is 13.1. The van der Waals surface area contributed by atoms with E-state index in [2.05, 4.69) is 18.0 Å². The van der Waals surface area contributed by atoms with E-state index < -0.39 is 0 Å². The lowest BCUT2D eigenvalue weighted by Crippen LogP contribution is -2.42. The van der Waals surface area contributed by atoms with Crippen molar-refractivity contribution in [2.45, 2.75) is 31.6 Å². The van der Waals surface area contributed by atoms with Crippen LogP contribution in [0.4, 0.5) is 4.79 Å². The number of carbonyl (C=O) groups is 2. The second-order valence-corrected chi connectivity index (χ2v) is 10.6. The predicted octanol–water partition coefficient (Wildman–Crippen LogP) is 3.12. The minimum atomic E-state index is -0.314. The quantitative estimate of drug-likeness (QED) is 0.512. The smallest absolute Gasteiger partial charge is 0.415 e. The van der Waals surface area contributed by atoms with Crippen LogP contribution in [0, 0.1) is 0 Å². The van der Waals surface area contributed by atoms with E-state index in [9.17, 15) is 9.59 Å². The van der Waals surface area contributed by atoms with Crippen molar-refractivity contribution in [2.75, 3.05) is 73.7 Å². The minimum Gasteiger partial charge on any atom is -0.493 e. The molecule has 1 atom stereocenters. The maximum Gasteiger partial charge on any atom is 0.415 e. The highest BCUT2D eigenvalue weighted by Gasteiger charge is 2.29. The fourth-order valence-electron chi connectivity index (χ4n) is 5.75. The Morgan fingerprint density at radius 3 is 2.21 bits per heavy atom. The van der Waals surface area contributed by atoms with Crippen LogP contribution < -0.4 is 14.2 Å². The molecule has 0 bridgehead atoms. The molecule has 0 spiro atoms. The fourth-order valence-corrected chi connectivity index (χ4v) is 5.75. The third-order valence-electron chi connectivity index (χ3n) is 8.10. The van der Waals surface area contributed by atoms with Crippen molar-refractivity contribution in [3.05, 3.63) is 52.6 Å². The summed E-state index contributed by atoms with van der Waals surface area (Å²) in [6.07, 6.45) is 2.79. The number of hydrogen-bond acceptors (Lipinski definition) is 7. The average Bonchev–Trinajstić information content (AvgIpc) is 3.16. The molecule has 9 heteroatoms. The van der Waals surface area contributed by atoms with E-state index in [1.807, 2.05) is 29.2 Å². The van der Waals surface area contributed by atoms with Crippen LogP contribution >= 0.6 is 0 Å². The van der Waals surface area contributed by atoms with E-state index in [-0.39, 0.29) is 12.0 Å². The number of amides is 2. The number of nitrogens with zero attached hydrogens (tertiary/aromatic N) is 3. The van der Waals surface area contributed by atoms with Crippen molar-refractivity contribution < 1.29 is 28.5 Å². The maximum atomic E-state index is 13.1. The Kier molecular flexibility index (Phi) is 8.57. The van der Waals surface area contributed by atoms with Gasteiger partial charge in [0, 0.05) is 51.6 Å². The van der Waals surface area contributed by atoms with E-state index in [1.54, 1.807) is 19.1 Å². The summed E-state index contributed by atoms with van der Waals surface area (Å²) < 4.78 is 21.8. The van der Waals surface area contributed by atoms with Gasteiger partial charge in [-0.05, 0) is 72.8 Å². The summed E-state index contributed by atoms with van der Waals surface area (Å²) in [6, 6.07) is 10.0. The van der Waals surface area contributed by atoms with Crippen molar-refractivity contribution in [3.8, 4) is 17.2 Å². The van der Waals surface area contributed by atoms with Gasteiger partial charge in [-0.1, -0.05) is 6.07 Å². The Morgan fingerprint density at radius 2 is 1.59 bits per heavy atom. The summed E-state index contributed by atoms with van der Waals surface area (Å²) in [5, 5.41) is 0. The molecule has 1 saturated heterocycles. The lowest BCUT2D eigenvalue weighted by atomic mass is 9.77. The van der Waals surface area contributed by atoms with Crippen molar-refractivity contribution in [2.24, 2.45) is 0 Å². The van der Waals surface area contributed by atoms with Crippen LogP contribution in [0.1, 0.15) is 34.6 Å². The van der Waals surface area contributed by atoms with E-state index >= 15 is 0 Å². The molecule has 2 aromatic carbocycles. The molecule has 2 amide bonds. The molecule has 39 heavy (non-hydrogen) atoms. The normalized spacial score (nSPS) is 18.5. The third kappa shape index (κ3) is 6.31. The van der Waals surface area contributed by atoms with Crippen LogP contribution in [0.5, 0.6) is 17.2 Å². The van der Waals surface area contributed by atoms with Crippen molar-refractivity contribution in [1.82, 2.24) is 14.7 Å². The Hall–Kier alpha value is -3.30. The third-order valence-corrected chi connectivity index (χ3v) is 8.10. The minimum absolute atomic E-state index is 0.203. The lowest BCUT2D eigenvalue weighted by molar-refractivity contribution is -0.131. The van der Waals surface area contributed by atoms with Crippen LogP contribution in [0.3, 0.4) is 0 Å². The van der Waals surface area contributed by atoms with Crippen LogP contribution in [0.15, 0.2) is 30.3 Å². The molecule has 1 unspecified atom stereocenters. The molecular formula is C30H39N3O6. The Morgan fingerprint density at radius 1 is 0.923 bits per heavy atom. The summed E-state index contributed by atoms with van der Waals surface area (Å²) in [4.78, 5) is 31.3. The molecular weight excluding hydrogens is 498 g/mol. The monoisotopic (exact) mass is 537 g/mol. The first-order valence-corrected chi connectivity index (χ1v) is 13.8. The van der Waals surface area contributed by atoms with Gasteiger partial charge >= 0.3 is 6.09 Å². The van der Waals surface area contributed by atoms with Gasteiger partial charge in [-0.3, -0.25) is 4.79 Å². The van der Waals surface area contributed by atoms with Gasteiger partial charge in [0.15, 0.2) is 11.5 Å². The number of hydrogen-bond donors (Lipinski definition) is 0. The molecule has 0 N–H and O–H groups in total. The second-order valence-electron chi connectivity index (χ2n) is 10.6. The molecule has 2 aromatic rings. The average molecular weight is 538 g/mol. The molecule has 1 aliphatic carbocycles. The molecule has 210 valence electrons. The topological polar surface area (TPSA) is 80.8 Å². The van der Waals surface area contributed by atoms with Gasteiger partial charge < -0.3 is 33.6 Å². The first-order chi connectivity index (χ1) is 18.9. The highest BCUT2D eigenvalue weighted by molar-refractivity contribution is 5.76. The SMILES string of the molecule is COc1cc2c(cc1OC)CCN(C(=O)CCN(C)CC1Cc3cc(OC(=O)N4CCOCC4)ccc31)CC2. The van der Waals surface area contributed by atoms with Gasteiger partial charge in [-0.25, -0.2) is 4.79 Å². The van der Waals surface area contributed by atoms with Crippen LogP contribution in [-0.2, 0) is 28.8 Å². The van der Waals surface area contributed by atoms with Gasteiger partial charge in [0.1, 0.15) is 5.75 Å². The first kappa shape index (κ1) is 27.3. The lowest BCUT2D eigenvalue weighted by Gasteiger charge is -2.34. The van der Waals surface area contributed by atoms with E-state index in [1.165, 1.54) is 22.3 Å². The summed E-state index contributed by atoms with van der Waals surface area (Å²) in [7, 11) is 5.38. The highest BCUT2D eigenvalue weighted by atomic mass is 16.6. The fraction of sp³-hybridized carbons (Fsp3) is 0.533. The Labute approximate surface area is 230 Å². The number of carbonyl (C=O) groups excluding carboxylic acids is 2. The van der Waals surface area contributed by atoms with Crippen molar-refractivity contribution in [3.63, 3.8) is 0 Å². The van der Waals surface area contributed by atoms with Crippen LogP contribution in [0.25, 0.3) is 0 Å². The van der Waals surface area contributed by atoms with Gasteiger partial charge in [0.25, 0.3) is 0 Å². The number of likely N-dealkylation sites (N-methyl/N-ethyl adjacent to an activating group) is 1. The molecule has 5 rings (SSSR count). The number of morpholine rings is 1. The van der Waals surface area contributed by atoms with E-state index in [0.29, 0.717) is 44.4 Å². The summed E-state index contributed by atoms with van der Waals surface area (Å²) in [5.41, 5.74) is 4.98. The zero-order valence-electron chi connectivity index (χ0n) is 23.2. The van der Waals surface area contributed by atoms with Gasteiger partial charge in [0.2, 0.25) is 5.91 Å². The number of methoxy groups -OCH3 is 2. The Bertz CT molecular complexity index is 1160. The number of benzene rings is 2. The first-order valence-electron chi connectivity index (χ1n) is 13.8.